The summed E-state index contributed by atoms with van der Waals surface area (Å²) >= 11 is 3.48. The third-order valence-electron chi connectivity index (χ3n) is 4.69. The Hall–Kier alpha value is -4.23. The van der Waals surface area contributed by atoms with Crippen molar-refractivity contribution in [2.75, 3.05) is 6.61 Å². The molecule has 9 nitrogen and oxygen atoms in total. The maximum Gasteiger partial charge on any atom is 0.269 e. The monoisotopic (exact) mass is 523 g/mol. The van der Waals surface area contributed by atoms with Crippen molar-refractivity contribution in [2.24, 2.45) is 0 Å². The molecular formula is C24H18BrN3O6. The third kappa shape index (κ3) is 5.96. The Kier molecular flexibility index (Phi) is 7.95. The molecule has 0 aliphatic rings. The second kappa shape index (κ2) is 11.1. The number of non-ortho nitro benzene ring substituents is 2. The van der Waals surface area contributed by atoms with Gasteiger partial charge in [0, 0.05) is 28.7 Å². The molecule has 0 aliphatic heterocycles. The maximum absolute atomic E-state index is 11.0. The first kappa shape index (κ1) is 24.4. The summed E-state index contributed by atoms with van der Waals surface area (Å²) in [6.07, 6.45) is 1.64. The van der Waals surface area contributed by atoms with E-state index in [1.54, 1.807) is 30.3 Å². The molecule has 172 valence electrons. The number of nitro benzene ring substituents is 2. The van der Waals surface area contributed by atoms with Gasteiger partial charge in [0.25, 0.3) is 11.4 Å². The Labute approximate surface area is 203 Å². The van der Waals surface area contributed by atoms with E-state index < -0.39 is 9.85 Å². The molecule has 0 aliphatic carbocycles. The molecule has 0 saturated carbocycles. The molecule has 0 spiro atoms. The number of nitrogens with zero attached hydrogens (tertiary/aromatic N) is 3. The summed E-state index contributed by atoms with van der Waals surface area (Å²) < 4.78 is 12.2. The van der Waals surface area contributed by atoms with E-state index >= 15 is 0 Å². The fourth-order valence-electron chi connectivity index (χ4n) is 3.06. The first-order valence-electron chi connectivity index (χ1n) is 10.0. The van der Waals surface area contributed by atoms with Gasteiger partial charge < -0.3 is 9.47 Å². The number of halogens is 1. The van der Waals surface area contributed by atoms with Crippen LogP contribution in [-0.2, 0) is 6.61 Å². The van der Waals surface area contributed by atoms with Crippen LogP contribution in [0, 0.1) is 31.6 Å². The molecule has 3 aromatic rings. The molecule has 0 fully saturated rings. The lowest BCUT2D eigenvalue weighted by Crippen LogP contribution is -2.01. The Balaban J connectivity index is 1.90. The number of hydrogen-bond acceptors (Lipinski definition) is 7. The zero-order valence-electron chi connectivity index (χ0n) is 17.9. The molecule has 10 heteroatoms. The Morgan fingerprint density at radius 3 is 2.29 bits per heavy atom. The van der Waals surface area contributed by atoms with Crippen LogP contribution in [0.4, 0.5) is 11.4 Å². The quantitative estimate of drug-likeness (QED) is 0.139. The molecular weight excluding hydrogens is 506 g/mol. The minimum atomic E-state index is -0.503. The third-order valence-corrected chi connectivity index (χ3v) is 5.37. The molecule has 0 heterocycles. The largest absolute Gasteiger partial charge is 0.490 e. The highest BCUT2D eigenvalue weighted by Gasteiger charge is 2.13. The standard InChI is InChI=1S/C24H18BrN3O6/c1-2-33-23-12-18(11-19(14-26)17-6-8-20(9-7-17)27(29)30)22(25)13-24(23)34-15-16-4-3-5-21(10-16)28(31)32/h3-13H,2,15H2,1H3/b19-11-. The van der Waals surface area contributed by atoms with Gasteiger partial charge in [-0.25, -0.2) is 0 Å². The van der Waals surface area contributed by atoms with Crippen LogP contribution in [0.15, 0.2) is 65.1 Å². The van der Waals surface area contributed by atoms with Gasteiger partial charge in [0.05, 0.1) is 28.1 Å². The van der Waals surface area contributed by atoms with Crippen LogP contribution < -0.4 is 9.47 Å². The predicted molar refractivity (Wildman–Crippen MR) is 129 cm³/mol. The zero-order chi connectivity index (χ0) is 24.7. The minimum Gasteiger partial charge on any atom is -0.490 e. The SMILES string of the molecule is CCOc1cc(/C=C(/C#N)c2ccc([N+](=O)[O-])cc2)c(Br)cc1OCc1cccc([N+](=O)[O-])c1. The molecule has 0 aromatic heterocycles. The average molecular weight is 524 g/mol. The van der Waals surface area contributed by atoms with Crippen LogP contribution in [-0.4, -0.2) is 16.5 Å². The van der Waals surface area contributed by atoms with Crippen molar-refractivity contribution in [3.8, 4) is 17.6 Å². The number of allylic oxidation sites excluding steroid dienone is 1. The van der Waals surface area contributed by atoms with Crippen LogP contribution in [0.1, 0.15) is 23.6 Å². The van der Waals surface area contributed by atoms with Crippen LogP contribution in [0.25, 0.3) is 11.6 Å². The van der Waals surface area contributed by atoms with E-state index in [1.807, 2.05) is 6.92 Å². The molecule has 0 atom stereocenters. The van der Waals surface area contributed by atoms with Gasteiger partial charge in [-0.05, 0) is 54.0 Å². The molecule has 34 heavy (non-hydrogen) atoms. The second-order valence-corrected chi connectivity index (χ2v) is 7.80. The fourth-order valence-corrected chi connectivity index (χ4v) is 3.50. The van der Waals surface area contributed by atoms with Gasteiger partial charge in [0.1, 0.15) is 6.61 Å². The van der Waals surface area contributed by atoms with Gasteiger partial charge >= 0.3 is 0 Å². The van der Waals surface area contributed by atoms with E-state index in [-0.39, 0.29) is 18.0 Å². The maximum atomic E-state index is 11.0. The topological polar surface area (TPSA) is 129 Å². The van der Waals surface area contributed by atoms with Crippen molar-refractivity contribution < 1.29 is 19.3 Å². The van der Waals surface area contributed by atoms with Crippen molar-refractivity contribution in [2.45, 2.75) is 13.5 Å². The van der Waals surface area contributed by atoms with Gasteiger partial charge in [-0.1, -0.05) is 28.1 Å². The van der Waals surface area contributed by atoms with Gasteiger partial charge in [-0.15, -0.1) is 0 Å². The van der Waals surface area contributed by atoms with Crippen molar-refractivity contribution in [3.05, 3.63) is 102 Å². The first-order chi connectivity index (χ1) is 16.3. The van der Waals surface area contributed by atoms with Crippen LogP contribution in [0.5, 0.6) is 11.5 Å². The van der Waals surface area contributed by atoms with E-state index in [2.05, 4.69) is 22.0 Å². The lowest BCUT2D eigenvalue weighted by Gasteiger charge is -2.14. The van der Waals surface area contributed by atoms with E-state index in [1.165, 1.54) is 36.4 Å². The lowest BCUT2D eigenvalue weighted by molar-refractivity contribution is -0.385. The molecule has 3 aromatic carbocycles. The van der Waals surface area contributed by atoms with Gasteiger partial charge in [-0.2, -0.15) is 5.26 Å². The molecule has 0 amide bonds. The number of nitriles is 1. The minimum absolute atomic E-state index is 0.0249. The van der Waals surface area contributed by atoms with Crippen LogP contribution in [0.3, 0.4) is 0 Å². The van der Waals surface area contributed by atoms with Crippen molar-refractivity contribution in [1.82, 2.24) is 0 Å². The number of benzene rings is 3. The molecule has 0 radical (unpaired) electrons. The predicted octanol–water partition coefficient (Wildman–Crippen LogP) is 6.31. The molecule has 3 rings (SSSR count). The fraction of sp³-hybridized carbons (Fsp3) is 0.125. The average Bonchev–Trinajstić information content (AvgIpc) is 2.83. The highest BCUT2D eigenvalue weighted by Crippen LogP contribution is 2.36. The summed E-state index contributed by atoms with van der Waals surface area (Å²) in [6.45, 7) is 2.28. The van der Waals surface area contributed by atoms with Crippen LogP contribution >= 0.6 is 15.9 Å². The van der Waals surface area contributed by atoms with E-state index in [0.29, 0.717) is 44.8 Å². The summed E-state index contributed by atoms with van der Waals surface area (Å²) in [6, 6.07) is 17.4. The molecule has 0 saturated heterocycles. The lowest BCUT2D eigenvalue weighted by atomic mass is 10.0. The molecule has 0 bridgehead atoms. The summed E-state index contributed by atoms with van der Waals surface area (Å²) in [4.78, 5) is 20.9. The Morgan fingerprint density at radius 1 is 1.00 bits per heavy atom. The Bertz CT molecular complexity index is 1300. The number of rotatable bonds is 9. The Morgan fingerprint density at radius 2 is 1.68 bits per heavy atom. The van der Waals surface area contributed by atoms with Gasteiger partial charge in [0.15, 0.2) is 11.5 Å². The summed E-state index contributed by atoms with van der Waals surface area (Å²) in [5, 5.41) is 31.5. The van der Waals surface area contributed by atoms with Crippen molar-refractivity contribution >= 4 is 39.0 Å². The van der Waals surface area contributed by atoms with E-state index in [0.717, 1.165) is 0 Å². The smallest absolute Gasteiger partial charge is 0.269 e. The highest BCUT2D eigenvalue weighted by molar-refractivity contribution is 9.10. The summed E-state index contributed by atoms with van der Waals surface area (Å²) in [7, 11) is 0. The zero-order valence-corrected chi connectivity index (χ0v) is 19.5. The molecule has 0 unspecified atom stereocenters. The molecule has 0 N–H and O–H groups in total. The van der Waals surface area contributed by atoms with E-state index in [9.17, 15) is 25.5 Å². The van der Waals surface area contributed by atoms with Crippen molar-refractivity contribution in [1.29, 1.82) is 5.26 Å². The highest BCUT2D eigenvalue weighted by atomic mass is 79.9. The van der Waals surface area contributed by atoms with Gasteiger partial charge in [0.2, 0.25) is 0 Å². The summed E-state index contributed by atoms with van der Waals surface area (Å²) in [5.41, 5.74) is 2.02. The number of hydrogen-bond donors (Lipinski definition) is 0. The van der Waals surface area contributed by atoms with E-state index in [4.69, 9.17) is 9.47 Å². The van der Waals surface area contributed by atoms with Gasteiger partial charge in [-0.3, -0.25) is 20.2 Å². The van der Waals surface area contributed by atoms with Crippen LogP contribution in [0.2, 0.25) is 0 Å². The first-order valence-corrected chi connectivity index (χ1v) is 10.8. The van der Waals surface area contributed by atoms with Crippen molar-refractivity contribution in [3.63, 3.8) is 0 Å². The summed E-state index contributed by atoms with van der Waals surface area (Å²) in [5.74, 6) is 0.856. The number of ether oxygens (including phenoxy) is 2. The normalized spacial score (nSPS) is 10.9. The second-order valence-electron chi connectivity index (χ2n) is 6.94. The number of nitro groups is 2.